The Labute approximate surface area is 152 Å². The summed E-state index contributed by atoms with van der Waals surface area (Å²) in [5.41, 5.74) is 1.07. The highest BCUT2D eigenvalue weighted by atomic mass is 32.2. The number of rotatable bonds is 4. The van der Waals surface area contributed by atoms with Crippen LogP contribution in [0, 0.1) is 13.8 Å². The summed E-state index contributed by atoms with van der Waals surface area (Å²) < 4.78 is 32.3. The average Bonchev–Trinajstić information content (AvgIpc) is 2.82. The number of sulfonamides is 1. The first-order valence-corrected chi connectivity index (χ1v) is 9.94. The molecule has 8 nitrogen and oxygen atoms in total. The van der Waals surface area contributed by atoms with E-state index in [-0.39, 0.29) is 29.5 Å². The van der Waals surface area contributed by atoms with Crippen LogP contribution in [0.3, 0.4) is 0 Å². The maximum Gasteiger partial charge on any atom is 0.248 e. The average molecular weight is 378 g/mol. The fraction of sp³-hybridized carbons (Fsp3) is 0.471. The van der Waals surface area contributed by atoms with Crippen LogP contribution < -0.4 is 0 Å². The molecule has 1 aliphatic heterocycles. The maximum atomic E-state index is 12.9. The predicted molar refractivity (Wildman–Crippen MR) is 93.9 cm³/mol. The highest BCUT2D eigenvalue weighted by Gasteiger charge is 2.32. The Bertz CT molecular complexity index is 860. The smallest absolute Gasteiger partial charge is 0.248 e. The lowest BCUT2D eigenvalue weighted by Gasteiger charge is -2.21. The van der Waals surface area contributed by atoms with Crippen molar-refractivity contribution in [3.8, 4) is 0 Å². The molecule has 1 aliphatic rings. The van der Waals surface area contributed by atoms with Gasteiger partial charge in [0, 0.05) is 38.1 Å². The van der Waals surface area contributed by atoms with Crippen LogP contribution in [-0.4, -0.2) is 59.8 Å². The van der Waals surface area contributed by atoms with Gasteiger partial charge < -0.3 is 9.42 Å². The largest absolute Gasteiger partial charge is 0.360 e. The molecule has 2 aromatic heterocycles. The molecule has 0 spiro atoms. The Kier molecular flexibility index (Phi) is 5.38. The summed E-state index contributed by atoms with van der Waals surface area (Å²) in [6.45, 7) is 4.70. The molecular weight excluding hydrogens is 356 g/mol. The normalized spacial score (nSPS) is 16.5. The van der Waals surface area contributed by atoms with Gasteiger partial charge in [0.05, 0.1) is 6.42 Å². The Balaban J connectivity index is 1.69. The lowest BCUT2D eigenvalue weighted by atomic mass is 10.2. The van der Waals surface area contributed by atoms with Crippen LogP contribution >= 0.6 is 0 Å². The molecule has 0 unspecified atom stereocenters. The van der Waals surface area contributed by atoms with Crippen molar-refractivity contribution < 1.29 is 17.7 Å². The summed E-state index contributed by atoms with van der Waals surface area (Å²) in [6.07, 6.45) is 2.46. The van der Waals surface area contributed by atoms with Crippen LogP contribution in [-0.2, 0) is 21.2 Å². The van der Waals surface area contributed by atoms with Crippen LogP contribution in [0.15, 0.2) is 33.8 Å². The van der Waals surface area contributed by atoms with E-state index in [0.29, 0.717) is 37.4 Å². The summed E-state index contributed by atoms with van der Waals surface area (Å²) >= 11 is 0. The van der Waals surface area contributed by atoms with Gasteiger partial charge in [-0.1, -0.05) is 11.2 Å². The molecule has 140 valence electrons. The molecule has 3 rings (SSSR count). The third kappa shape index (κ3) is 3.78. The summed E-state index contributed by atoms with van der Waals surface area (Å²) in [6, 6.07) is 5.46. The summed E-state index contributed by atoms with van der Waals surface area (Å²) in [7, 11) is -3.68. The second-order valence-corrected chi connectivity index (χ2v) is 8.16. The van der Waals surface area contributed by atoms with Gasteiger partial charge in [0.25, 0.3) is 0 Å². The van der Waals surface area contributed by atoms with Crippen LogP contribution in [0.4, 0.5) is 0 Å². The maximum absolute atomic E-state index is 12.9. The summed E-state index contributed by atoms with van der Waals surface area (Å²) in [5, 5.41) is 3.74. The SMILES string of the molecule is Cc1noc(C)c1S(=O)(=O)N1CCCN(C(=O)Cc2ccccn2)CC1. The van der Waals surface area contributed by atoms with E-state index < -0.39 is 10.0 Å². The molecule has 0 radical (unpaired) electrons. The summed E-state index contributed by atoms with van der Waals surface area (Å²) in [4.78, 5) is 18.5. The zero-order valence-electron chi connectivity index (χ0n) is 14.9. The van der Waals surface area contributed by atoms with Gasteiger partial charge in [-0.05, 0) is 32.4 Å². The molecule has 2 aromatic rings. The molecule has 0 N–H and O–H groups in total. The molecule has 3 heterocycles. The fourth-order valence-electron chi connectivity index (χ4n) is 3.12. The van der Waals surface area contributed by atoms with Gasteiger partial charge in [0.1, 0.15) is 10.6 Å². The molecule has 1 fully saturated rings. The van der Waals surface area contributed by atoms with E-state index in [2.05, 4.69) is 10.1 Å². The number of hydrogen-bond donors (Lipinski definition) is 0. The first-order chi connectivity index (χ1) is 12.4. The third-order valence-corrected chi connectivity index (χ3v) is 6.58. The molecule has 0 aromatic carbocycles. The highest BCUT2D eigenvalue weighted by molar-refractivity contribution is 7.89. The second kappa shape index (κ2) is 7.55. The third-order valence-electron chi connectivity index (χ3n) is 4.43. The molecule has 26 heavy (non-hydrogen) atoms. The van der Waals surface area contributed by atoms with Crippen molar-refractivity contribution >= 4 is 15.9 Å². The van der Waals surface area contributed by atoms with E-state index >= 15 is 0 Å². The number of hydrogen-bond acceptors (Lipinski definition) is 6. The zero-order valence-corrected chi connectivity index (χ0v) is 15.7. The number of pyridine rings is 1. The minimum absolute atomic E-state index is 0.0414. The van der Waals surface area contributed by atoms with E-state index in [0.717, 1.165) is 0 Å². The van der Waals surface area contributed by atoms with Crippen molar-refractivity contribution in [1.82, 2.24) is 19.3 Å². The Morgan fingerprint density at radius 1 is 1.19 bits per heavy atom. The van der Waals surface area contributed by atoms with Gasteiger partial charge in [0.15, 0.2) is 5.76 Å². The van der Waals surface area contributed by atoms with E-state index in [9.17, 15) is 13.2 Å². The van der Waals surface area contributed by atoms with Crippen molar-refractivity contribution in [3.63, 3.8) is 0 Å². The monoisotopic (exact) mass is 378 g/mol. The molecule has 0 atom stereocenters. The fourth-order valence-corrected chi connectivity index (χ4v) is 4.89. The lowest BCUT2D eigenvalue weighted by Crippen LogP contribution is -2.38. The van der Waals surface area contributed by atoms with Crippen LogP contribution in [0.5, 0.6) is 0 Å². The number of carbonyl (C=O) groups excluding carboxylic acids is 1. The number of aryl methyl sites for hydroxylation is 2. The van der Waals surface area contributed by atoms with Gasteiger partial charge >= 0.3 is 0 Å². The van der Waals surface area contributed by atoms with E-state index in [1.54, 1.807) is 31.0 Å². The molecule has 0 bridgehead atoms. The zero-order chi connectivity index (χ0) is 18.7. The van der Waals surface area contributed by atoms with Gasteiger partial charge in [0.2, 0.25) is 15.9 Å². The van der Waals surface area contributed by atoms with Gasteiger partial charge in [-0.3, -0.25) is 9.78 Å². The molecule has 9 heteroatoms. The van der Waals surface area contributed by atoms with Gasteiger partial charge in [-0.2, -0.15) is 4.31 Å². The van der Waals surface area contributed by atoms with Crippen LogP contribution in [0.25, 0.3) is 0 Å². The van der Waals surface area contributed by atoms with Crippen LogP contribution in [0.1, 0.15) is 23.6 Å². The Morgan fingerprint density at radius 2 is 2.00 bits per heavy atom. The first-order valence-electron chi connectivity index (χ1n) is 8.50. The second-order valence-electron chi connectivity index (χ2n) is 6.29. The van der Waals surface area contributed by atoms with Gasteiger partial charge in [-0.15, -0.1) is 0 Å². The minimum Gasteiger partial charge on any atom is -0.360 e. The lowest BCUT2D eigenvalue weighted by molar-refractivity contribution is -0.130. The molecule has 0 aliphatic carbocycles. The predicted octanol–water partition coefficient (Wildman–Crippen LogP) is 1.15. The quantitative estimate of drug-likeness (QED) is 0.792. The van der Waals surface area contributed by atoms with Gasteiger partial charge in [-0.25, -0.2) is 8.42 Å². The molecule has 0 saturated carbocycles. The Morgan fingerprint density at radius 3 is 2.65 bits per heavy atom. The van der Waals surface area contributed by atoms with E-state index in [1.807, 2.05) is 12.1 Å². The van der Waals surface area contributed by atoms with Crippen molar-refractivity contribution in [2.45, 2.75) is 31.6 Å². The highest BCUT2D eigenvalue weighted by Crippen LogP contribution is 2.24. The van der Waals surface area contributed by atoms with Crippen molar-refractivity contribution in [2.75, 3.05) is 26.2 Å². The molecular formula is C17H22N4O4S. The number of amides is 1. The minimum atomic E-state index is -3.68. The van der Waals surface area contributed by atoms with Crippen molar-refractivity contribution in [3.05, 3.63) is 41.5 Å². The van der Waals surface area contributed by atoms with E-state index in [1.165, 1.54) is 4.31 Å². The van der Waals surface area contributed by atoms with Crippen LogP contribution in [0.2, 0.25) is 0 Å². The number of carbonyl (C=O) groups is 1. The topological polar surface area (TPSA) is 96.6 Å². The van der Waals surface area contributed by atoms with E-state index in [4.69, 9.17) is 4.52 Å². The molecule has 1 amide bonds. The summed E-state index contributed by atoms with van der Waals surface area (Å²) in [5.74, 6) is 0.245. The molecule has 1 saturated heterocycles. The number of nitrogens with zero attached hydrogens (tertiary/aromatic N) is 4. The Hall–Kier alpha value is -2.26. The standard InChI is InChI=1S/C17H22N4O4S/c1-13-17(14(2)25-19-13)26(23,24)21-9-5-8-20(10-11-21)16(22)12-15-6-3-4-7-18-15/h3-4,6-7H,5,8-12H2,1-2H3. The van der Waals surface area contributed by atoms with Crippen molar-refractivity contribution in [2.24, 2.45) is 0 Å². The first kappa shape index (κ1) is 18.5. The number of aromatic nitrogens is 2. The van der Waals surface area contributed by atoms with Crippen molar-refractivity contribution in [1.29, 1.82) is 0 Å².